The van der Waals surface area contributed by atoms with Crippen molar-refractivity contribution in [3.05, 3.63) is 0 Å². The molecule has 0 aromatic rings. The van der Waals surface area contributed by atoms with Crippen LogP contribution in [0.1, 0.15) is 4.28 Å². The summed E-state index contributed by atoms with van der Waals surface area (Å²) >= 11 is 0. The molecule has 0 rings (SSSR count). The standard InChI is InChI=1S/Cu.Li.Mg.Zn.3H/q;+1;+2;;3*-1. The molecule has 0 fully saturated rings. The average molecular weight is 163 g/mol. The second-order valence-electron chi connectivity index (χ2n) is 0. The van der Waals surface area contributed by atoms with E-state index < -0.39 is 0 Å². The number of hydrogen-bond acceptors (Lipinski definition) is 0. The summed E-state index contributed by atoms with van der Waals surface area (Å²) in [4.78, 5) is 0. The van der Waals surface area contributed by atoms with Gasteiger partial charge < -0.3 is 4.28 Å². The second kappa shape index (κ2) is 17.8. The van der Waals surface area contributed by atoms with Crippen molar-refractivity contribution in [1.82, 2.24) is 0 Å². The first-order valence-electron chi connectivity index (χ1n) is 0. The topological polar surface area (TPSA) is 0 Å². The molecule has 0 amide bonds. The van der Waals surface area contributed by atoms with Crippen LogP contribution >= 0.6 is 0 Å². The minimum atomic E-state index is 0. The Balaban J connectivity index is 0. The molecule has 4 heavy (non-hydrogen) atoms. The van der Waals surface area contributed by atoms with Crippen molar-refractivity contribution in [2.24, 2.45) is 0 Å². The van der Waals surface area contributed by atoms with Crippen LogP contribution in [0.5, 0.6) is 0 Å². The fraction of sp³-hybridized carbons (Fsp3) is 0. The predicted molar refractivity (Wildman–Crippen MR) is 9.09 cm³/mol. The first-order valence-corrected chi connectivity index (χ1v) is 0. The Hall–Kier alpha value is 2.51. The van der Waals surface area contributed by atoms with Gasteiger partial charge in [-0.05, 0) is 0 Å². The van der Waals surface area contributed by atoms with Crippen LogP contribution in [0, 0.1) is 0 Å². The molecule has 0 nitrogen and oxygen atoms in total. The fourth-order valence-corrected chi connectivity index (χ4v) is 0. The molecule has 0 bridgehead atoms. The zero-order chi connectivity index (χ0) is 0. The van der Waals surface area contributed by atoms with Gasteiger partial charge in [0.1, 0.15) is 0 Å². The van der Waals surface area contributed by atoms with E-state index in [0.717, 1.165) is 0 Å². The fourth-order valence-electron chi connectivity index (χ4n) is 0. The largest absolute Gasteiger partial charge is 2.00 e. The maximum absolute atomic E-state index is 0. The van der Waals surface area contributed by atoms with Crippen molar-refractivity contribution < 1.29 is 59.7 Å². The Kier molecular flexibility index (Phi) is 140. The first-order chi connectivity index (χ1) is 0. The van der Waals surface area contributed by atoms with E-state index in [-0.39, 0.29) is 82.7 Å². The van der Waals surface area contributed by atoms with E-state index in [4.69, 9.17) is 0 Å². The third-order valence-electron chi connectivity index (χ3n) is 0. The zero-order valence-electron chi connectivity index (χ0n) is 5.72. The van der Waals surface area contributed by atoms with Crippen LogP contribution in [-0.4, -0.2) is 23.1 Å². The normalized spacial score (nSPS) is 0. The molecule has 0 unspecified atom stereocenters. The molecule has 0 heterocycles. The average Bonchev–Trinajstić information content (AvgIpc) is 0. The van der Waals surface area contributed by atoms with Crippen LogP contribution in [0.4, 0.5) is 0 Å². The zero-order valence-corrected chi connectivity index (χ0v) is 8.04. The predicted octanol–water partition coefficient (Wildman–Crippen LogP) is -3.04. The van der Waals surface area contributed by atoms with Gasteiger partial charge in [-0.1, -0.05) is 0 Å². The summed E-state index contributed by atoms with van der Waals surface area (Å²) in [6.07, 6.45) is 0. The summed E-state index contributed by atoms with van der Waals surface area (Å²) in [6.45, 7) is 0. The molecule has 0 spiro atoms. The van der Waals surface area contributed by atoms with Gasteiger partial charge in [-0.2, -0.15) is 0 Å². The van der Waals surface area contributed by atoms with Gasteiger partial charge in [-0.25, -0.2) is 0 Å². The Labute approximate surface area is 81.9 Å². The van der Waals surface area contributed by atoms with E-state index in [1.807, 2.05) is 0 Å². The Morgan fingerprint density at radius 3 is 1.25 bits per heavy atom. The molecule has 4 heteroatoms. The van der Waals surface area contributed by atoms with Gasteiger partial charge in [-0.15, -0.1) is 0 Å². The van der Waals surface area contributed by atoms with E-state index in [1.54, 1.807) is 0 Å². The third kappa shape index (κ3) is 8.82. The van der Waals surface area contributed by atoms with Crippen LogP contribution < -0.4 is 18.9 Å². The summed E-state index contributed by atoms with van der Waals surface area (Å²) in [6, 6.07) is 0. The van der Waals surface area contributed by atoms with E-state index in [2.05, 4.69) is 0 Å². The Morgan fingerprint density at radius 2 is 1.25 bits per heavy atom. The van der Waals surface area contributed by atoms with Gasteiger partial charge >= 0.3 is 41.9 Å². The smallest absolute Gasteiger partial charge is 1.00 e. The third-order valence-corrected chi connectivity index (χ3v) is 0. The quantitative estimate of drug-likeness (QED) is 0.333. The molecule has 0 aromatic heterocycles. The molecule has 0 aromatic carbocycles. The molecular formula is H3CuLiMgZn. The molecule has 0 aliphatic carbocycles. The summed E-state index contributed by atoms with van der Waals surface area (Å²) in [5, 5.41) is 0. The van der Waals surface area contributed by atoms with Crippen LogP contribution in [0.15, 0.2) is 0 Å². The van der Waals surface area contributed by atoms with Crippen LogP contribution in [-0.2, 0) is 36.5 Å². The molecule has 1 radical (unpaired) electrons. The van der Waals surface area contributed by atoms with Crippen molar-refractivity contribution in [2.45, 2.75) is 0 Å². The van der Waals surface area contributed by atoms with Crippen LogP contribution in [0.3, 0.4) is 0 Å². The van der Waals surface area contributed by atoms with Crippen molar-refractivity contribution in [2.75, 3.05) is 0 Å². The van der Waals surface area contributed by atoms with Gasteiger partial charge in [0, 0.05) is 36.5 Å². The minimum Gasteiger partial charge on any atom is -1.00 e. The van der Waals surface area contributed by atoms with E-state index in [9.17, 15) is 0 Å². The number of hydrogen-bond donors (Lipinski definition) is 0. The summed E-state index contributed by atoms with van der Waals surface area (Å²) < 4.78 is 0. The summed E-state index contributed by atoms with van der Waals surface area (Å²) in [5.41, 5.74) is 0. The molecule has 19 valence electrons. The van der Waals surface area contributed by atoms with E-state index in [0.29, 0.717) is 0 Å². The van der Waals surface area contributed by atoms with E-state index in [1.165, 1.54) is 0 Å². The van der Waals surface area contributed by atoms with Gasteiger partial charge in [0.2, 0.25) is 0 Å². The minimum absolute atomic E-state index is 0. The molecule has 0 saturated heterocycles. The first kappa shape index (κ1) is 31.4. The number of rotatable bonds is 0. The van der Waals surface area contributed by atoms with Gasteiger partial charge in [0.25, 0.3) is 0 Å². The summed E-state index contributed by atoms with van der Waals surface area (Å²) in [7, 11) is 0. The van der Waals surface area contributed by atoms with Crippen LogP contribution in [0.25, 0.3) is 0 Å². The second-order valence-corrected chi connectivity index (χ2v) is 0. The van der Waals surface area contributed by atoms with Crippen molar-refractivity contribution in [3.63, 3.8) is 0 Å². The van der Waals surface area contributed by atoms with Crippen molar-refractivity contribution in [3.8, 4) is 0 Å². The van der Waals surface area contributed by atoms with Crippen molar-refractivity contribution >= 4 is 23.1 Å². The maximum Gasteiger partial charge on any atom is 2.00 e. The Morgan fingerprint density at radius 1 is 1.25 bits per heavy atom. The molecule has 0 saturated carbocycles. The molecule has 0 aliphatic heterocycles. The van der Waals surface area contributed by atoms with E-state index >= 15 is 0 Å². The molecule has 0 atom stereocenters. The SMILES string of the molecule is [Cu].[H-].[H-].[H-].[Li+].[Mg+2].[Zn]. The summed E-state index contributed by atoms with van der Waals surface area (Å²) in [5.74, 6) is 0. The Bertz CT molecular complexity index is 14.9. The van der Waals surface area contributed by atoms with Crippen molar-refractivity contribution in [1.29, 1.82) is 0 Å². The molecular weight excluding hydrogens is 160 g/mol. The van der Waals surface area contributed by atoms with Gasteiger partial charge in [0.15, 0.2) is 0 Å². The molecule has 0 aliphatic rings. The monoisotopic (exact) mass is 161 g/mol. The maximum atomic E-state index is 0. The van der Waals surface area contributed by atoms with Gasteiger partial charge in [0.05, 0.1) is 0 Å². The van der Waals surface area contributed by atoms with Gasteiger partial charge in [-0.3, -0.25) is 0 Å². The molecule has 0 N–H and O–H groups in total. The van der Waals surface area contributed by atoms with Crippen LogP contribution in [0.2, 0.25) is 0 Å².